The van der Waals surface area contributed by atoms with Gasteiger partial charge in [0, 0.05) is 55.3 Å². The van der Waals surface area contributed by atoms with E-state index in [0.29, 0.717) is 5.56 Å². The van der Waals surface area contributed by atoms with E-state index in [0.717, 1.165) is 81.5 Å². The topological polar surface area (TPSA) is 9.72 Å². The SMILES string of the molecule is [2H]C([2H])([2H])c1cc2c3c(c1)N(c1ccc(C(C)(C)C)cc1C)c1cc4c(cc1B3c1ccc(N(c3ccccc3)c3ccccc3)cc1N2c1cc2c(cc1C)C(C)(C)CCC2(C)C)C(C)(C)CC4(C)C. The molecular formula is C64H70BN3. The van der Waals surface area contributed by atoms with Gasteiger partial charge in [-0.25, -0.2) is 0 Å². The van der Waals surface area contributed by atoms with Crippen LogP contribution in [0.5, 0.6) is 0 Å². The maximum Gasteiger partial charge on any atom is 0.252 e. The van der Waals surface area contributed by atoms with E-state index in [1.54, 1.807) is 0 Å². The molecule has 0 atom stereocenters. The third kappa shape index (κ3) is 6.82. The monoisotopic (exact) mass is 895 g/mol. The Morgan fingerprint density at radius 1 is 0.485 bits per heavy atom. The molecule has 0 radical (unpaired) electrons. The zero-order valence-electron chi connectivity index (χ0n) is 45.7. The summed E-state index contributed by atoms with van der Waals surface area (Å²) in [5.41, 5.74) is 22.3. The Bertz CT molecular complexity index is 3260. The Labute approximate surface area is 412 Å². The van der Waals surface area contributed by atoms with Crippen LogP contribution in [0.15, 0.2) is 133 Å². The second-order valence-corrected chi connectivity index (χ2v) is 24.4. The van der Waals surface area contributed by atoms with Gasteiger partial charge in [-0.3, -0.25) is 0 Å². The van der Waals surface area contributed by atoms with Gasteiger partial charge >= 0.3 is 0 Å². The van der Waals surface area contributed by atoms with Gasteiger partial charge in [-0.15, -0.1) is 0 Å². The molecule has 4 aliphatic rings. The third-order valence-electron chi connectivity index (χ3n) is 16.5. The van der Waals surface area contributed by atoms with Crippen molar-refractivity contribution in [1.82, 2.24) is 0 Å². The van der Waals surface area contributed by atoms with E-state index < -0.39 is 6.85 Å². The van der Waals surface area contributed by atoms with Crippen LogP contribution in [-0.4, -0.2) is 6.71 Å². The van der Waals surface area contributed by atoms with Crippen LogP contribution < -0.4 is 31.1 Å². The van der Waals surface area contributed by atoms with Crippen molar-refractivity contribution in [3.05, 3.63) is 178 Å². The molecule has 2 heterocycles. The molecule has 4 heteroatoms. The normalized spacial score (nSPS) is 18.6. The zero-order chi connectivity index (χ0) is 50.5. The summed E-state index contributed by atoms with van der Waals surface area (Å²) in [5.74, 6) is 0. The van der Waals surface area contributed by atoms with E-state index in [9.17, 15) is 4.11 Å². The summed E-state index contributed by atoms with van der Waals surface area (Å²) in [6, 6.07) is 49.3. The molecule has 0 saturated carbocycles. The fourth-order valence-electron chi connectivity index (χ4n) is 13.0. The van der Waals surface area contributed by atoms with Crippen molar-refractivity contribution in [2.24, 2.45) is 0 Å². The summed E-state index contributed by atoms with van der Waals surface area (Å²) in [4.78, 5) is 7.25. The highest BCUT2D eigenvalue weighted by Gasteiger charge is 2.49. The van der Waals surface area contributed by atoms with Gasteiger partial charge in [0.15, 0.2) is 0 Å². The fraction of sp³-hybridized carbons (Fsp3) is 0.344. The Morgan fingerprint density at radius 3 is 1.57 bits per heavy atom. The van der Waals surface area contributed by atoms with E-state index in [1.165, 1.54) is 44.3 Å². The Balaban J connectivity index is 1.28. The van der Waals surface area contributed by atoms with Crippen molar-refractivity contribution in [2.75, 3.05) is 14.7 Å². The van der Waals surface area contributed by atoms with Crippen LogP contribution in [-0.2, 0) is 27.1 Å². The van der Waals surface area contributed by atoms with Gasteiger partial charge in [-0.05, 0) is 195 Å². The molecule has 0 fully saturated rings. The second-order valence-electron chi connectivity index (χ2n) is 24.4. The van der Waals surface area contributed by atoms with Crippen molar-refractivity contribution in [3.8, 4) is 0 Å². The van der Waals surface area contributed by atoms with Crippen LogP contribution in [0.3, 0.4) is 0 Å². The Hall–Kier alpha value is -6.00. The molecule has 0 N–H and O–H groups in total. The summed E-state index contributed by atoms with van der Waals surface area (Å²) >= 11 is 0. The van der Waals surface area contributed by atoms with Crippen LogP contribution in [0.2, 0.25) is 0 Å². The van der Waals surface area contributed by atoms with Gasteiger partial charge in [0.05, 0.1) is 0 Å². The molecular weight excluding hydrogens is 822 g/mol. The van der Waals surface area contributed by atoms with E-state index in [1.807, 2.05) is 12.1 Å². The Kier molecular flexibility index (Phi) is 9.05. The lowest BCUT2D eigenvalue weighted by molar-refractivity contribution is 0.332. The zero-order valence-corrected chi connectivity index (χ0v) is 42.7. The predicted molar refractivity (Wildman–Crippen MR) is 294 cm³/mol. The molecule has 0 bridgehead atoms. The third-order valence-corrected chi connectivity index (χ3v) is 16.5. The number of hydrogen-bond donors (Lipinski definition) is 0. The second kappa shape index (κ2) is 15.0. The molecule has 0 aromatic heterocycles. The molecule has 0 saturated heterocycles. The summed E-state index contributed by atoms with van der Waals surface area (Å²) in [6.07, 6.45) is 3.24. The van der Waals surface area contributed by atoms with Crippen molar-refractivity contribution in [3.63, 3.8) is 0 Å². The number of fused-ring (bicyclic) bond motifs is 6. The molecule has 0 amide bonds. The lowest BCUT2D eigenvalue weighted by atomic mass is 9.33. The highest BCUT2D eigenvalue weighted by molar-refractivity contribution is 7.00. The van der Waals surface area contributed by atoms with Crippen molar-refractivity contribution < 1.29 is 4.11 Å². The van der Waals surface area contributed by atoms with Crippen molar-refractivity contribution in [1.29, 1.82) is 0 Å². The van der Waals surface area contributed by atoms with Crippen molar-refractivity contribution >= 4 is 74.3 Å². The number of aryl methyl sites for hydroxylation is 3. The first-order valence-electron chi connectivity index (χ1n) is 26.6. The maximum absolute atomic E-state index is 9.23. The molecule has 2 aliphatic carbocycles. The number of benzene rings is 7. The summed E-state index contributed by atoms with van der Waals surface area (Å²) in [7, 11) is 0. The molecule has 7 aromatic rings. The lowest BCUT2D eigenvalue weighted by Gasteiger charge is -2.47. The highest BCUT2D eigenvalue weighted by Crippen LogP contribution is 2.55. The van der Waals surface area contributed by atoms with Gasteiger partial charge in [-0.1, -0.05) is 143 Å². The van der Waals surface area contributed by atoms with Gasteiger partial charge in [0.2, 0.25) is 0 Å². The lowest BCUT2D eigenvalue weighted by Crippen LogP contribution is -2.61. The van der Waals surface area contributed by atoms with E-state index >= 15 is 0 Å². The Morgan fingerprint density at radius 2 is 1.00 bits per heavy atom. The van der Waals surface area contributed by atoms with Crippen LogP contribution in [0, 0.1) is 20.7 Å². The largest absolute Gasteiger partial charge is 0.311 e. The summed E-state index contributed by atoms with van der Waals surface area (Å²) in [5, 5.41) is 0. The molecule has 7 aromatic carbocycles. The fourth-order valence-corrected chi connectivity index (χ4v) is 13.0. The van der Waals surface area contributed by atoms with Gasteiger partial charge in [-0.2, -0.15) is 0 Å². The van der Waals surface area contributed by atoms with Gasteiger partial charge < -0.3 is 14.7 Å². The number of hydrogen-bond acceptors (Lipinski definition) is 3. The van der Waals surface area contributed by atoms with Crippen LogP contribution in [0.1, 0.15) is 144 Å². The van der Waals surface area contributed by atoms with E-state index in [4.69, 9.17) is 0 Å². The predicted octanol–water partition coefficient (Wildman–Crippen LogP) is 15.8. The number of para-hydroxylation sites is 2. The minimum atomic E-state index is -2.38. The average molecular weight is 895 g/mol. The molecule has 68 heavy (non-hydrogen) atoms. The van der Waals surface area contributed by atoms with E-state index in [2.05, 4.69) is 226 Å². The first-order valence-corrected chi connectivity index (χ1v) is 25.1. The molecule has 344 valence electrons. The van der Waals surface area contributed by atoms with Crippen LogP contribution in [0.4, 0.5) is 51.2 Å². The van der Waals surface area contributed by atoms with Crippen LogP contribution in [0.25, 0.3) is 0 Å². The van der Waals surface area contributed by atoms with E-state index in [-0.39, 0.29) is 33.8 Å². The first kappa shape index (κ1) is 41.0. The molecule has 3 nitrogen and oxygen atoms in total. The minimum Gasteiger partial charge on any atom is -0.311 e. The quantitative estimate of drug-likeness (QED) is 0.159. The molecule has 0 unspecified atom stereocenters. The minimum absolute atomic E-state index is 0.0195. The number of nitrogens with zero attached hydrogens (tertiary/aromatic N) is 3. The average Bonchev–Trinajstić information content (AvgIpc) is 3.49. The first-order chi connectivity index (χ1) is 33.3. The summed E-state index contributed by atoms with van der Waals surface area (Å²) in [6.45, 7) is 27.9. The summed E-state index contributed by atoms with van der Waals surface area (Å²) < 4.78 is 27.7. The van der Waals surface area contributed by atoms with Gasteiger partial charge in [0.25, 0.3) is 6.71 Å². The van der Waals surface area contributed by atoms with Crippen LogP contribution >= 0.6 is 0 Å². The van der Waals surface area contributed by atoms with Gasteiger partial charge in [0.1, 0.15) is 0 Å². The standard InChI is InChI=1S/C64H70BN3/c1-40-31-57-59-58(32-40)68(54-37-49-47(34-42(54)3)61(7,8)29-30-62(49,9)10)55-35-46(66(44-21-17-15-18-22-44)45-23-19-16-20-24-45)26-27-51(55)65(59)52-36-48-50(64(13,14)39-63(48,11)12)38-56(52)67(57)53-28-25-43(33-41(53)2)60(4,5)6/h15-28,31-38H,29-30,39H2,1-14H3/i1D3. The smallest absolute Gasteiger partial charge is 0.252 e. The number of rotatable bonds is 5. The molecule has 0 spiro atoms. The highest BCUT2D eigenvalue weighted by atomic mass is 15.2. The molecule has 2 aliphatic heterocycles. The number of anilines is 9. The van der Waals surface area contributed by atoms with Crippen molar-refractivity contribution in [2.45, 2.75) is 143 Å². The molecule has 11 rings (SSSR count). The maximum atomic E-state index is 9.23.